The Morgan fingerprint density at radius 3 is 1.67 bits per heavy atom. The van der Waals surface area contributed by atoms with Crippen LogP contribution in [0.25, 0.3) is 0 Å². The zero-order valence-electron chi connectivity index (χ0n) is 12.8. The highest BCUT2D eigenvalue weighted by Crippen LogP contribution is 1.89. The first-order valence-electron chi connectivity index (χ1n) is 6.79. The van der Waals surface area contributed by atoms with Crippen molar-refractivity contribution in [1.29, 1.82) is 0 Å². The molecule has 0 radical (unpaired) electrons. The molecule has 0 N–H and O–H groups in total. The van der Waals surface area contributed by atoms with E-state index in [0.717, 1.165) is 5.69 Å². The molecule has 3 rings (SSSR count). The van der Waals surface area contributed by atoms with Gasteiger partial charge < -0.3 is 0 Å². The van der Waals surface area contributed by atoms with Crippen molar-refractivity contribution in [3.05, 3.63) is 90.3 Å². The maximum Gasteiger partial charge on any atom is 0.0372 e. The first-order chi connectivity index (χ1) is 10.2. The summed E-state index contributed by atoms with van der Waals surface area (Å²) >= 11 is 0. The van der Waals surface area contributed by atoms with Crippen LogP contribution in [0.3, 0.4) is 0 Å². The summed E-state index contributed by atoms with van der Waals surface area (Å²) in [5.74, 6) is 0. The lowest BCUT2D eigenvalue weighted by Gasteiger charge is -1.82. The zero-order chi connectivity index (χ0) is 15.3. The Bertz CT molecular complexity index is 491. The van der Waals surface area contributed by atoms with Gasteiger partial charge in [-0.3, -0.25) is 15.0 Å². The highest BCUT2D eigenvalue weighted by Gasteiger charge is 1.74. The van der Waals surface area contributed by atoms with Crippen molar-refractivity contribution in [2.75, 3.05) is 0 Å². The van der Waals surface area contributed by atoms with Gasteiger partial charge in [0.05, 0.1) is 0 Å². The van der Waals surface area contributed by atoms with Crippen LogP contribution in [0.5, 0.6) is 0 Å². The van der Waals surface area contributed by atoms with Crippen LogP contribution in [0.4, 0.5) is 0 Å². The van der Waals surface area contributed by atoms with Crippen LogP contribution in [0, 0.1) is 20.8 Å². The minimum atomic E-state index is 1.07. The zero-order valence-corrected chi connectivity index (χ0v) is 12.8. The first-order valence-corrected chi connectivity index (χ1v) is 6.79. The Morgan fingerprint density at radius 2 is 1.38 bits per heavy atom. The molecule has 0 saturated heterocycles. The minimum Gasteiger partial charge on any atom is -0.265 e. The molecule has 21 heavy (non-hydrogen) atoms. The SMILES string of the molecule is Cc1ccccn1.Cc1cccnc1.Cc1ccncc1. The van der Waals surface area contributed by atoms with Crippen molar-refractivity contribution in [2.45, 2.75) is 20.8 Å². The molecule has 0 unspecified atom stereocenters. The number of pyridine rings is 3. The van der Waals surface area contributed by atoms with Crippen LogP contribution in [0.1, 0.15) is 16.8 Å². The lowest BCUT2D eigenvalue weighted by atomic mass is 10.3. The van der Waals surface area contributed by atoms with E-state index in [-0.39, 0.29) is 0 Å². The van der Waals surface area contributed by atoms with Gasteiger partial charge in [-0.2, -0.15) is 0 Å². The summed E-state index contributed by atoms with van der Waals surface area (Å²) in [5, 5.41) is 0. The maximum absolute atomic E-state index is 3.98. The molecule has 0 aliphatic heterocycles. The van der Waals surface area contributed by atoms with Crippen LogP contribution >= 0.6 is 0 Å². The average Bonchev–Trinajstić information content (AvgIpc) is 2.51. The fourth-order valence-electron chi connectivity index (χ4n) is 1.32. The van der Waals surface area contributed by atoms with Crippen LogP contribution < -0.4 is 0 Å². The van der Waals surface area contributed by atoms with Gasteiger partial charge in [-0.15, -0.1) is 0 Å². The standard InChI is InChI=1S/3C6H7N/c1-6-2-4-7-5-3-6;1-6-3-2-4-7-5-6;1-6-4-2-3-5-7-6/h3*2-5H,1H3. The van der Waals surface area contributed by atoms with Gasteiger partial charge in [0.2, 0.25) is 0 Å². The van der Waals surface area contributed by atoms with E-state index in [1.54, 1.807) is 24.8 Å². The van der Waals surface area contributed by atoms with Crippen LogP contribution in [0.15, 0.2) is 73.4 Å². The van der Waals surface area contributed by atoms with Gasteiger partial charge in [0.15, 0.2) is 0 Å². The molecule has 0 aromatic carbocycles. The van der Waals surface area contributed by atoms with Crippen molar-refractivity contribution in [1.82, 2.24) is 15.0 Å². The summed E-state index contributed by atoms with van der Waals surface area (Å²) in [6.07, 6.45) is 8.97. The Labute approximate surface area is 126 Å². The monoisotopic (exact) mass is 279 g/mol. The molecule has 3 heteroatoms. The van der Waals surface area contributed by atoms with Gasteiger partial charge in [0, 0.05) is 36.7 Å². The summed E-state index contributed by atoms with van der Waals surface area (Å²) in [6, 6.07) is 13.7. The number of aryl methyl sites for hydroxylation is 3. The van der Waals surface area contributed by atoms with E-state index in [9.17, 15) is 0 Å². The second-order valence-electron chi connectivity index (χ2n) is 4.53. The van der Waals surface area contributed by atoms with Gasteiger partial charge in [-0.1, -0.05) is 12.1 Å². The third kappa shape index (κ3) is 9.05. The Kier molecular flexibility index (Phi) is 8.07. The molecule has 0 aliphatic rings. The Hall–Kier alpha value is -2.55. The third-order valence-electron chi connectivity index (χ3n) is 2.47. The fourth-order valence-corrected chi connectivity index (χ4v) is 1.32. The molecule has 0 spiro atoms. The molecule has 108 valence electrons. The highest BCUT2D eigenvalue weighted by atomic mass is 14.6. The van der Waals surface area contributed by atoms with Crippen molar-refractivity contribution in [3.8, 4) is 0 Å². The van der Waals surface area contributed by atoms with Crippen molar-refractivity contribution in [2.24, 2.45) is 0 Å². The lowest BCUT2D eigenvalue weighted by molar-refractivity contribution is 1.20. The average molecular weight is 279 g/mol. The van der Waals surface area contributed by atoms with Crippen molar-refractivity contribution >= 4 is 0 Å². The molecule has 0 bridgehead atoms. The van der Waals surface area contributed by atoms with Crippen molar-refractivity contribution in [3.63, 3.8) is 0 Å². The molecule has 0 atom stereocenters. The third-order valence-corrected chi connectivity index (χ3v) is 2.47. The quantitative estimate of drug-likeness (QED) is 0.620. The van der Waals surface area contributed by atoms with E-state index >= 15 is 0 Å². The first kappa shape index (κ1) is 16.5. The number of nitrogens with zero attached hydrogens (tertiary/aromatic N) is 3. The predicted molar refractivity (Wildman–Crippen MR) is 86.9 cm³/mol. The van der Waals surface area contributed by atoms with Gasteiger partial charge in [-0.25, -0.2) is 0 Å². The van der Waals surface area contributed by atoms with Gasteiger partial charge in [0.25, 0.3) is 0 Å². The summed E-state index contributed by atoms with van der Waals surface area (Å²) in [7, 11) is 0. The molecule has 3 heterocycles. The second-order valence-corrected chi connectivity index (χ2v) is 4.53. The van der Waals surface area contributed by atoms with Crippen LogP contribution in [-0.2, 0) is 0 Å². The molecular formula is C18H21N3. The van der Waals surface area contributed by atoms with Gasteiger partial charge in [0.1, 0.15) is 0 Å². The molecule has 0 amide bonds. The Morgan fingerprint density at radius 1 is 0.619 bits per heavy atom. The topological polar surface area (TPSA) is 38.7 Å². The Balaban J connectivity index is 0.000000157. The molecule has 0 saturated carbocycles. The fraction of sp³-hybridized carbons (Fsp3) is 0.167. The predicted octanol–water partition coefficient (Wildman–Crippen LogP) is 4.17. The normalized spacial score (nSPS) is 8.71. The van der Waals surface area contributed by atoms with Gasteiger partial charge >= 0.3 is 0 Å². The lowest BCUT2D eigenvalue weighted by Crippen LogP contribution is -1.72. The number of hydrogen-bond acceptors (Lipinski definition) is 3. The van der Waals surface area contributed by atoms with Gasteiger partial charge in [-0.05, 0) is 62.2 Å². The smallest absolute Gasteiger partial charge is 0.0372 e. The number of aromatic nitrogens is 3. The van der Waals surface area contributed by atoms with E-state index in [4.69, 9.17) is 0 Å². The van der Waals surface area contributed by atoms with Crippen molar-refractivity contribution < 1.29 is 0 Å². The summed E-state index contributed by atoms with van der Waals surface area (Å²) in [4.78, 5) is 11.7. The molecule has 0 fully saturated rings. The molecule has 3 aromatic heterocycles. The molecular weight excluding hydrogens is 258 g/mol. The molecule has 0 aliphatic carbocycles. The summed E-state index contributed by atoms with van der Waals surface area (Å²) < 4.78 is 0. The maximum atomic E-state index is 3.98. The largest absolute Gasteiger partial charge is 0.265 e. The highest BCUT2D eigenvalue weighted by molar-refractivity contribution is 5.06. The van der Waals surface area contributed by atoms with Crippen LogP contribution in [0.2, 0.25) is 0 Å². The second kappa shape index (κ2) is 10.3. The van der Waals surface area contributed by atoms with E-state index < -0.39 is 0 Å². The summed E-state index contributed by atoms with van der Waals surface area (Å²) in [5.41, 5.74) is 3.54. The van der Waals surface area contributed by atoms with E-state index in [0.29, 0.717) is 0 Å². The van der Waals surface area contributed by atoms with Crippen LogP contribution in [-0.4, -0.2) is 15.0 Å². The summed E-state index contributed by atoms with van der Waals surface area (Å²) in [6.45, 7) is 6.04. The minimum absolute atomic E-state index is 1.07. The molecule has 3 nitrogen and oxygen atoms in total. The number of hydrogen-bond donors (Lipinski definition) is 0. The number of rotatable bonds is 0. The van der Waals surface area contributed by atoms with E-state index in [2.05, 4.69) is 15.0 Å². The van der Waals surface area contributed by atoms with E-state index in [1.807, 2.05) is 69.4 Å². The molecule has 3 aromatic rings. The van der Waals surface area contributed by atoms with E-state index in [1.165, 1.54) is 11.1 Å².